The lowest BCUT2D eigenvalue weighted by molar-refractivity contribution is -0.133. The van der Waals surface area contributed by atoms with Crippen LogP contribution in [0.2, 0.25) is 0 Å². The quantitative estimate of drug-likeness (QED) is 0.859. The molecule has 0 bridgehead atoms. The summed E-state index contributed by atoms with van der Waals surface area (Å²) in [5.74, 6) is 0. The molecule has 2 aliphatic heterocycles. The normalized spacial score (nSPS) is 32.2. The molecule has 0 radical (unpaired) electrons. The van der Waals surface area contributed by atoms with Crippen LogP contribution in [0.5, 0.6) is 0 Å². The second kappa shape index (κ2) is 5.87. The third kappa shape index (κ3) is 2.55. The average molecular weight is 335 g/mol. The average Bonchev–Trinajstić information content (AvgIpc) is 2.62. The van der Waals surface area contributed by atoms with Crippen LogP contribution in [0.4, 0.5) is 0 Å². The van der Waals surface area contributed by atoms with Gasteiger partial charge in [0.2, 0.25) is 0 Å². The van der Waals surface area contributed by atoms with Gasteiger partial charge in [0.05, 0.1) is 24.4 Å². The van der Waals surface area contributed by atoms with Crippen molar-refractivity contribution in [1.82, 2.24) is 4.72 Å². The predicted molar refractivity (Wildman–Crippen MR) is 87.9 cm³/mol. The van der Waals surface area contributed by atoms with Crippen LogP contribution in [-0.2, 0) is 31.4 Å². The zero-order valence-corrected chi connectivity index (χ0v) is 13.8. The molecule has 2 aliphatic rings. The number of rotatable bonds is 4. The van der Waals surface area contributed by atoms with Crippen LogP contribution < -0.4 is 4.72 Å². The van der Waals surface area contributed by atoms with E-state index >= 15 is 0 Å². The van der Waals surface area contributed by atoms with Crippen LogP contribution in [0.1, 0.15) is 30.4 Å². The molecular formula is C17H21NO4S. The third-order valence-corrected chi connectivity index (χ3v) is 5.80. The van der Waals surface area contributed by atoms with Gasteiger partial charge in [0.15, 0.2) is 0 Å². The van der Waals surface area contributed by atoms with E-state index in [0.29, 0.717) is 25.9 Å². The molecular weight excluding hydrogens is 314 g/mol. The van der Waals surface area contributed by atoms with Gasteiger partial charge in [0.25, 0.3) is 0 Å². The van der Waals surface area contributed by atoms with Crippen LogP contribution in [0.15, 0.2) is 49.6 Å². The fourth-order valence-corrected chi connectivity index (χ4v) is 4.93. The van der Waals surface area contributed by atoms with E-state index in [1.54, 1.807) is 12.2 Å². The topological polar surface area (TPSA) is 64.6 Å². The molecule has 3 rings (SSSR count). The van der Waals surface area contributed by atoms with Crippen molar-refractivity contribution in [1.29, 1.82) is 0 Å². The number of hydrogen-bond acceptors (Lipinski definition) is 4. The van der Waals surface area contributed by atoms with Crippen LogP contribution in [-0.4, -0.2) is 20.6 Å². The number of hydrogen-bond donors (Lipinski definition) is 1. The van der Waals surface area contributed by atoms with Gasteiger partial charge in [-0.1, -0.05) is 36.4 Å². The van der Waals surface area contributed by atoms with Crippen molar-refractivity contribution in [2.24, 2.45) is 0 Å². The molecule has 6 heteroatoms. The summed E-state index contributed by atoms with van der Waals surface area (Å²) in [4.78, 5) is 0. The van der Waals surface area contributed by atoms with Gasteiger partial charge >= 0.3 is 10.3 Å². The van der Waals surface area contributed by atoms with Crippen molar-refractivity contribution >= 4 is 10.3 Å². The van der Waals surface area contributed by atoms with Gasteiger partial charge in [-0.05, 0) is 24.0 Å². The maximum Gasteiger partial charge on any atom is 0.336 e. The minimum Gasteiger partial charge on any atom is -0.368 e. The van der Waals surface area contributed by atoms with Crippen molar-refractivity contribution < 1.29 is 17.3 Å². The van der Waals surface area contributed by atoms with E-state index in [9.17, 15) is 8.42 Å². The Balaban J connectivity index is 2.29. The molecule has 0 amide bonds. The highest BCUT2D eigenvalue weighted by Gasteiger charge is 2.58. The molecule has 1 aromatic rings. The highest BCUT2D eigenvalue weighted by molar-refractivity contribution is 7.84. The summed E-state index contributed by atoms with van der Waals surface area (Å²) in [6, 6.07) is 7.74. The van der Waals surface area contributed by atoms with E-state index in [0.717, 1.165) is 11.1 Å². The molecule has 23 heavy (non-hydrogen) atoms. The SMILES string of the molecule is C=CC[C@@]12CCOS(=O)(=O)N[C@@]1(CC=C)c1ccccc1CO2. The van der Waals surface area contributed by atoms with Crippen molar-refractivity contribution in [2.45, 2.75) is 37.0 Å². The number of nitrogens with one attached hydrogen (secondary N) is 1. The highest BCUT2D eigenvalue weighted by atomic mass is 32.2. The molecule has 0 saturated carbocycles. The first-order chi connectivity index (χ1) is 11.0. The standard InChI is InChI=1S/C17H21NO4S/c1-3-9-16-11-12-22-23(19,20)18-17(16,10-4-2)15-8-6-5-7-14(15)13-21-16/h3-8,18H,1-2,9-13H2/t16-,17+/m1/s1. The number of benzene rings is 1. The van der Waals surface area contributed by atoms with E-state index in [4.69, 9.17) is 8.92 Å². The molecule has 124 valence electrons. The van der Waals surface area contributed by atoms with Crippen molar-refractivity contribution in [3.05, 3.63) is 60.7 Å². The first-order valence-electron chi connectivity index (χ1n) is 7.61. The second-order valence-electron chi connectivity index (χ2n) is 5.96. The molecule has 0 aromatic heterocycles. The Morgan fingerprint density at radius 2 is 1.96 bits per heavy atom. The van der Waals surface area contributed by atoms with Gasteiger partial charge in [-0.2, -0.15) is 13.1 Å². The molecule has 0 unspecified atom stereocenters. The summed E-state index contributed by atoms with van der Waals surface area (Å²) in [5.41, 5.74) is 0.189. The summed E-state index contributed by atoms with van der Waals surface area (Å²) in [7, 11) is -3.88. The summed E-state index contributed by atoms with van der Waals surface area (Å²) < 4.78 is 38.7. The van der Waals surface area contributed by atoms with Gasteiger partial charge in [-0.15, -0.1) is 13.2 Å². The maximum atomic E-state index is 12.3. The lowest BCUT2D eigenvalue weighted by Crippen LogP contribution is -2.63. The first kappa shape index (κ1) is 16.4. The van der Waals surface area contributed by atoms with E-state index in [1.165, 1.54) is 0 Å². The second-order valence-corrected chi connectivity index (χ2v) is 7.31. The lowest BCUT2D eigenvalue weighted by atomic mass is 9.67. The Labute approximate surface area is 137 Å². The van der Waals surface area contributed by atoms with E-state index in [1.807, 2.05) is 24.3 Å². The molecule has 1 aromatic carbocycles. The summed E-state index contributed by atoms with van der Waals surface area (Å²) >= 11 is 0. The minimum absolute atomic E-state index is 0.0736. The van der Waals surface area contributed by atoms with E-state index in [2.05, 4.69) is 17.9 Å². The largest absolute Gasteiger partial charge is 0.368 e. The Bertz CT molecular complexity index is 730. The Kier molecular flexibility index (Phi) is 4.18. The molecule has 2 atom stereocenters. The van der Waals surface area contributed by atoms with Gasteiger partial charge in [0.1, 0.15) is 0 Å². The lowest BCUT2D eigenvalue weighted by Gasteiger charge is -2.52. The highest BCUT2D eigenvalue weighted by Crippen LogP contribution is 2.50. The van der Waals surface area contributed by atoms with Crippen molar-refractivity contribution in [2.75, 3.05) is 6.61 Å². The summed E-state index contributed by atoms with van der Waals surface area (Å²) in [6.45, 7) is 8.17. The Morgan fingerprint density at radius 3 is 2.70 bits per heavy atom. The summed E-state index contributed by atoms with van der Waals surface area (Å²) in [6.07, 6.45) is 4.86. The Hall–Kier alpha value is -1.47. The van der Waals surface area contributed by atoms with Crippen molar-refractivity contribution in [3.8, 4) is 0 Å². The Morgan fingerprint density at radius 1 is 1.22 bits per heavy atom. The molecule has 2 heterocycles. The van der Waals surface area contributed by atoms with Crippen LogP contribution in [0.3, 0.4) is 0 Å². The van der Waals surface area contributed by atoms with Gasteiger partial charge in [-0.3, -0.25) is 4.18 Å². The molecule has 5 nitrogen and oxygen atoms in total. The van der Waals surface area contributed by atoms with Crippen LogP contribution in [0, 0.1) is 0 Å². The monoisotopic (exact) mass is 335 g/mol. The summed E-state index contributed by atoms with van der Waals surface area (Å²) in [5, 5.41) is 0. The first-order valence-corrected chi connectivity index (χ1v) is 9.02. The molecule has 0 aliphatic carbocycles. The smallest absolute Gasteiger partial charge is 0.336 e. The fraction of sp³-hybridized carbons (Fsp3) is 0.412. The zero-order valence-electron chi connectivity index (χ0n) is 13.0. The van der Waals surface area contributed by atoms with Crippen molar-refractivity contribution in [3.63, 3.8) is 0 Å². The van der Waals surface area contributed by atoms with Crippen LogP contribution in [0.25, 0.3) is 0 Å². The van der Waals surface area contributed by atoms with E-state index < -0.39 is 21.4 Å². The number of ether oxygens (including phenoxy) is 1. The van der Waals surface area contributed by atoms with Gasteiger partial charge in [0, 0.05) is 6.42 Å². The van der Waals surface area contributed by atoms with Gasteiger partial charge in [-0.25, -0.2) is 0 Å². The molecule has 1 saturated heterocycles. The van der Waals surface area contributed by atoms with E-state index in [-0.39, 0.29) is 6.61 Å². The number of fused-ring (bicyclic) bond motifs is 3. The minimum atomic E-state index is -3.88. The van der Waals surface area contributed by atoms with Gasteiger partial charge < -0.3 is 4.74 Å². The third-order valence-electron chi connectivity index (χ3n) is 4.73. The van der Waals surface area contributed by atoms with Crippen LogP contribution >= 0.6 is 0 Å². The molecule has 1 N–H and O–H groups in total. The maximum absolute atomic E-state index is 12.3. The molecule has 1 fully saturated rings. The molecule has 0 spiro atoms. The zero-order chi connectivity index (χ0) is 16.6. The predicted octanol–water partition coefficient (Wildman–Crippen LogP) is 2.56. The fourth-order valence-electron chi connectivity index (χ4n) is 3.76.